The molecule has 158 valence electrons. The summed E-state index contributed by atoms with van der Waals surface area (Å²) in [5.41, 5.74) is 1.22. The van der Waals surface area contributed by atoms with Gasteiger partial charge in [0.1, 0.15) is 22.5 Å². The highest BCUT2D eigenvalue weighted by molar-refractivity contribution is 7.90. The van der Waals surface area contributed by atoms with Crippen molar-refractivity contribution in [1.29, 1.82) is 0 Å². The summed E-state index contributed by atoms with van der Waals surface area (Å²) in [6.45, 7) is 14.4. The van der Waals surface area contributed by atoms with Crippen LogP contribution in [0.5, 0.6) is 0 Å². The van der Waals surface area contributed by atoms with Crippen LogP contribution in [0.4, 0.5) is 4.79 Å². The zero-order chi connectivity index (χ0) is 21.1. The predicted molar refractivity (Wildman–Crippen MR) is 110 cm³/mol. The summed E-state index contributed by atoms with van der Waals surface area (Å²) in [5.74, 6) is 0. The molecule has 28 heavy (non-hydrogen) atoms. The molecule has 1 aromatic rings. The first-order valence-electron chi connectivity index (χ1n) is 9.57. The van der Waals surface area contributed by atoms with E-state index in [0.29, 0.717) is 19.7 Å². The number of hydrogen-bond donors (Lipinski definition) is 1. The third-order valence-electron chi connectivity index (χ3n) is 4.16. The number of rotatable bonds is 4. The summed E-state index contributed by atoms with van der Waals surface area (Å²) in [5, 5.41) is 0. The van der Waals surface area contributed by atoms with Gasteiger partial charge in [0.25, 0.3) is 0 Å². The molecular formula is C20H33N3O4S. The number of morpholine rings is 1. The van der Waals surface area contributed by atoms with E-state index < -0.39 is 27.8 Å². The lowest BCUT2D eigenvalue weighted by Gasteiger charge is -2.38. The molecule has 0 spiro atoms. The molecule has 0 aromatic carbocycles. The van der Waals surface area contributed by atoms with Crippen molar-refractivity contribution in [3.8, 4) is 0 Å². The Morgan fingerprint density at radius 2 is 2.04 bits per heavy atom. The molecule has 2 rings (SSSR count). The van der Waals surface area contributed by atoms with E-state index in [-0.39, 0.29) is 12.2 Å². The Kier molecular flexibility index (Phi) is 7.36. The van der Waals surface area contributed by atoms with Gasteiger partial charge < -0.3 is 18.9 Å². The topological polar surface area (TPSA) is 86.8 Å². The number of ether oxygens (including phenoxy) is 2. The van der Waals surface area contributed by atoms with Gasteiger partial charge in [0, 0.05) is 24.1 Å². The van der Waals surface area contributed by atoms with E-state index >= 15 is 0 Å². The van der Waals surface area contributed by atoms with Crippen molar-refractivity contribution in [2.24, 2.45) is 0 Å². The van der Waals surface area contributed by atoms with E-state index in [0.717, 1.165) is 11.3 Å². The average Bonchev–Trinajstić information content (AvgIpc) is 2.58. The van der Waals surface area contributed by atoms with Gasteiger partial charge in [-0.15, -0.1) is 4.72 Å². The van der Waals surface area contributed by atoms with Crippen LogP contribution in [-0.4, -0.2) is 56.7 Å². The van der Waals surface area contributed by atoms with Crippen LogP contribution >= 0.6 is 0 Å². The number of aryl methyl sites for hydroxylation is 1. The number of carbonyl (C=O) groups excluding carboxylic acids is 1. The molecule has 1 aliphatic rings. The second kappa shape index (κ2) is 8.98. The lowest BCUT2D eigenvalue weighted by molar-refractivity contribution is -0.0532. The number of nitrogens with one attached hydrogen (secondary N) is 1. The first-order valence-corrected chi connectivity index (χ1v) is 10.7. The van der Waals surface area contributed by atoms with Gasteiger partial charge in [-0.1, -0.05) is 6.07 Å². The smallest absolute Gasteiger partial charge is 0.410 e. The van der Waals surface area contributed by atoms with Crippen molar-refractivity contribution >= 4 is 17.5 Å². The monoisotopic (exact) mass is 411 g/mol. The summed E-state index contributed by atoms with van der Waals surface area (Å²) < 4.78 is 27.0. The second-order valence-electron chi connectivity index (χ2n) is 9.07. The second-order valence-corrected chi connectivity index (χ2v) is 11.1. The van der Waals surface area contributed by atoms with Crippen LogP contribution < -0.4 is 4.72 Å². The molecule has 0 saturated carbocycles. The fourth-order valence-corrected chi connectivity index (χ4v) is 3.51. The SMILES string of the molecule is Cc1ccc(C(N[S+]([O-])C(C)(C)C)[C@@H]2CN(C(=O)OC(C)(C)C)CCO2)nc1. The first kappa shape index (κ1) is 22.9. The molecule has 7 nitrogen and oxygen atoms in total. The highest BCUT2D eigenvalue weighted by Crippen LogP contribution is 2.26. The maximum Gasteiger partial charge on any atom is 0.410 e. The molecule has 2 heterocycles. The fraction of sp³-hybridized carbons (Fsp3) is 0.700. The average molecular weight is 412 g/mol. The fourth-order valence-electron chi connectivity index (χ4n) is 2.65. The van der Waals surface area contributed by atoms with Crippen LogP contribution in [0.15, 0.2) is 18.3 Å². The minimum absolute atomic E-state index is 0.337. The van der Waals surface area contributed by atoms with Crippen molar-refractivity contribution in [2.75, 3.05) is 19.7 Å². The summed E-state index contributed by atoms with van der Waals surface area (Å²) in [6.07, 6.45) is 1.02. The number of pyridine rings is 1. The quantitative estimate of drug-likeness (QED) is 0.766. The molecule has 1 fully saturated rings. The van der Waals surface area contributed by atoms with Gasteiger partial charge in [0.15, 0.2) is 0 Å². The van der Waals surface area contributed by atoms with Crippen molar-refractivity contribution in [1.82, 2.24) is 14.6 Å². The molecular weight excluding hydrogens is 378 g/mol. The Hall–Kier alpha value is -1.35. The summed E-state index contributed by atoms with van der Waals surface area (Å²) in [6, 6.07) is 3.46. The molecule has 2 unspecified atom stereocenters. The van der Waals surface area contributed by atoms with E-state index in [2.05, 4.69) is 9.71 Å². The number of amides is 1. The zero-order valence-electron chi connectivity index (χ0n) is 17.9. The normalized spacial score (nSPS) is 20.6. The third-order valence-corrected chi connectivity index (χ3v) is 5.74. The van der Waals surface area contributed by atoms with Gasteiger partial charge in [-0.25, -0.2) is 4.79 Å². The van der Waals surface area contributed by atoms with Gasteiger partial charge in [-0.3, -0.25) is 4.98 Å². The number of aromatic nitrogens is 1. The third kappa shape index (κ3) is 6.62. The molecule has 1 amide bonds. The maximum absolute atomic E-state index is 12.8. The summed E-state index contributed by atoms with van der Waals surface area (Å²) >= 11 is -1.32. The van der Waals surface area contributed by atoms with Crippen LogP contribution in [0, 0.1) is 6.92 Å². The zero-order valence-corrected chi connectivity index (χ0v) is 18.8. The lowest BCUT2D eigenvalue weighted by atomic mass is 10.1. The Balaban J connectivity index is 2.21. The number of hydrogen-bond acceptors (Lipinski definition) is 6. The van der Waals surface area contributed by atoms with Crippen LogP contribution in [-0.2, 0) is 20.8 Å². The van der Waals surface area contributed by atoms with Crippen LogP contribution in [0.2, 0.25) is 0 Å². The largest absolute Gasteiger partial charge is 0.598 e. The molecule has 0 radical (unpaired) electrons. The molecule has 3 atom stereocenters. The summed E-state index contributed by atoms with van der Waals surface area (Å²) in [7, 11) is 0. The predicted octanol–water partition coefficient (Wildman–Crippen LogP) is 3.12. The van der Waals surface area contributed by atoms with E-state index in [4.69, 9.17) is 9.47 Å². The van der Waals surface area contributed by atoms with Gasteiger partial charge in [-0.2, -0.15) is 0 Å². The minimum atomic E-state index is -1.32. The molecule has 1 aliphatic heterocycles. The lowest BCUT2D eigenvalue weighted by Crippen LogP contribution is -2.53. The maximum atomic E-state index is 12.8. The standard InChI is InChI=1S/C20H33N3O4S/c1-14-8-9-15(21-12-14)17(22-28(25)20(5,6)7)16-13-23(10-11-26-16)18(24)27-19(2,3)4/h8-9,12,16-17,22H,10-11,13H2,1-7H3/t16-,17?,28?/m0/s1. The Labute approximate surface area is 171 Å². The van der Waals surface area contributed by atoms with Gasteiger partial charge >= 0.3 is 6.09 Å². The van der Waals surface area contributed by atoms with Crippen molar-refractivity contribution in [2.45, 2.75) is 71.0 Å². The number of nitrogens with zero attached hydrogens (tertiary/aromatic N) is 2. The van der Waals surface area contributed by atoms with Crippen molar-refractivity contribution < 1.29 is 18.8 Å². The highest BCUT2D eigenvalue weighted by atomic mass is 32.2. The molecule has 0 bridgehead atoms. The van der Waals surface area contributed by atoms with Gasteiger partial charge in [-0.05, 0) is 60.1 Å². The van der Waals surface area contributed by atoms with E-state index in [1.54, 1.807) is 11.1 Å². The summed E-state index contributed by atoms with van der Waals surface area (Å²) in [4.78, 5) is 18.6. The van der Waals surface area contributed by atoms with E-state index in [1.807, 2.05) is 60.6 Å². The van der Waals surface area contributed by atoms with Crippen molar-refractivity contribution in [3.05, 3.63) is 29.6 Å². The minimum Gasteiger partial charge on any atom is -0.598 e. The first-order chi connectivity index (χ1) is 12.9. The van der Waals surface area contributed by atoms with Crippen LogP contribution in [0.25, 0.3) is 0 Å². The van der Waals surface area contributed by atoms with Crippen LogP contribution in [0.3, 0.4) is 0 Å². The highest BCUT2D eigenvalue weighted by Gasteiger charge is 2.38. The van der Waals surface area contributed by atoms with Gasteiger partial charge in [0.2, 0.25) is 0 Å². The van der Waals surface area contributed by atoms with Crippen molar-refractivity contribution in [3.63, 3.8) is 0 Å². The Morgan fingerprint density at radius 3 is 2.57 bits per heavy atom. The van der Waals surface area contributed by atoms with E-state index in [9.17, 15) is 9.35 Å². The molecule has 1 saturated heterocycles. The number of carbonyl (C=O) groups is 1. The molecule has 8 heteroatoms. The van der Waals surface area contributed by atoms with Gasteiger partial charge in [0.05, 0.1) is 18.8 Å². The Morgan fingerprint density at radius 1 is 1.36 bits per heavy atom. The Bertz CT molecular complexity index is 655. The van der Waals surface area contributed by atoms with E-state index in [1.165, 1.54) is 0 Å². The molecule has 1 aromatic heterocycles. The molecule has 1 N–H and O–H groups in total. The van der Waals surface area contributed by atoms with Crippen LogP contribution in [0.1, 0.15) is 58.8 Å². The molecule has 0 aliphatic carbocycles.